The van der Waals surface area contributed by atoms with Crippen LogP contribution in [0.2, 0.25) is 14.8 Å². The van der Waals surface area contributed by atoms with Crippen LogP contribution in [0.3, 0.4) is 0 Å². The molecule has 0 aliphatic carbocycles. The summed E-state index contributed by atoms with van der Waals surface area (Å²) < 4.78 is 8.16. The summed E-state index contributed by atoms with van der Waals surface area (Å²) in [6, 6.07) is 7.09. The van der Waals surface area contributed by atoms with Crippen LogP contribution in [-0.2, 0) is 6.42 Å². The topological polar surface area (TPSA) is 12.5 Å². The van der Waals surface area contributed by atoms with Gasteiger partial charge in [0, 0.05) is 0 Å². The third-order valence-corrected chi connectivity index (χ3v) is 11.4. The van der Waals surface area contributed by atoms with Crippen LogP contribution < -0.4 is 8.32 Å². The van der Waals surface area contributed by atoms with Crippen LogP contribution in [0, 0.1) is 5.92 Å². The van der Waals surface area contributed by atoms with Crippen LogP contribution in [-0.4, -0.2) is 48.5 Å². The number of hydrogen-bond acceptors (Lipinski definition) is 2. The fourth-order valence-corrected chi connectivity index (χ4v) is 7.70. The summed E-state index contributed by atoms with van der Waals surface area (Å²) >= 11 is -1.96. The van der Waals surface area contributed by atoms with E-state index in [9.17, 15) is 0 Å². The van der Waals surface area contributed by atoms with Crippen molar-refractivity contribution in [2.24, 2.45) is 5.92 Å². The zero-order valence-corrected chi connectivity index (χ0v) is 15.8. The van der Waals surface area contributed by atoms with Gasteiger partial charge in [-0.05, 0) is 0 Å². The van der Waals surface area contributed by atoms with E-state index in [-0.39, 0.29) is 5.60 Å². The molecular formula is C17H25NOSn. The Hall–Kier alpha value is -0.221. The van der Waals surface area contributed by atoms with Gasteiger partial charge < -0.3 is 0 Å². The average Bonchev–Trinajstić information content (AvgIpc) is 2.75. The van der Waals surface area contributed by atoms with Gasteiger partial charge in [-0.1, -0.05) is 0 Å². The van der Waals surface area contributed by atoms with E-state index < -0.39 is 18.4 Å². The van der Waals surface area contributed by atoms with Crippen LogP contribution in [0.5, 0.6) is 5.75 Å². The summed E-state index contributed by atoms with van der Waals surface area (Å²) in [6.07, 6.45) is 3.82. The Balaban J connectivity index is 1.67. The van der Waals surface area contributed by atoms with Crippen LogP contribution in [0.15, 0.2) is 18.2 Å². The molecule has 0 amide bonds. The summed E-state index contributed by atoms with van der Waals surface area (Å²) in [5.74, 6) is 1.96. The number of hydrogen-bond donors (Lipinski definition) is 0. The fraction of sp³-hybridized carbons (Fsp3) is 0.647. The number of ether oxygens (including phenoxy) is 1. The van der Waals surface area contributed by atoms with E-state index in [1.807, 2.05) is 0 Å². The SMILES string of the molecule is [CH3][Sn]([CH3])([CH3])[c]1ccc2c(c1)C[C@@]1(CN3CCC1CC3)O2. The Bertz CT molecular complexity index is 542. The Morgan fingerprint density at radius 2 is 1.95 bits per heavy atom. The quantitative estimate of drug-likeness (QED) is 0.697. The van der Waals surface area contributed by atoms with Gasteiger partial charge in [0.1, 0.15) is 0 Å². The Kier molecular flexibility index (Phi) is 2.95. The predicted molar refractivity (Wildman–Crippen MR) is 85.6 cm³/mol. The molecule has 5 rings (SSSR count). The first kappa shape index (κ1) is 13.4. The summed E-state index contributed by atoms with van der Waals surface area (Å²) in [5.41, 5.74) is 1.60. The van der Waals surface area contributed by atoms with E-state index in [1.54, 1.807) is 3.58 Å². The molecule has 0 N–H and O–H groups in total. The number of nitrogens with zero attached hydrogens (tertiary/aromatic N) is 1. The van der Waals surface area contributed by atoms with Crippen molar-refractivity contribution < 1.29 is 4.74 Å². The molecule has 2 bridgehead atoms. The number of piperidine rings is 3. The molecule has 1 spiro atoms. The van der Waals surface area contributed by atoms with Gasteiger partial charge in [0.05, 0.1) is 0 Å². The van der Waals surface area contributed by atoms with E-state index in [4.69, 9.17) is 4.74 Å². The minimum absolute atomic E-state index is 0.116. The summed E-state index contributed by atoms with van der Waals surface area (Å²) in [6.45, 7) is 3.73. The molecule has 20 heavy (non-hydrogen) atoms. The molecule has 1 atom stereocenters. The van der Waals surface area contributed by atoms with Gasteiger partial charge in [-0.3, -0.25) is 0 Å². The molecule has 4 aliphatic heterocycles. The van der Waals surface area contributed by atoms with Gasteiger partial charge in [0.15, 0.2) is 0 Å². The molecule has 3 saturated heterocycles. The van der Waals surface area contributed by atoms with E-state index in [0.29, 0.717) is 0 Å². The summed E-state index contributed by atoms with van der Waals surface area (Å²) in [4.78, 5) is 10.1. The van der Waals surface area contributed by atoms with E-state index in [1.165, 1.54) is 37.2 Å². The standard InChI is InChI=1S/C14H16NO.3CH3.Sn/c1-2-4-13-11(3-1)9-14(16-13)10-15-7-5-12(14)6-8-15;;;;/h2-4,12H,5-10H2;3*1H3;/t14-;;;;/m0..../s1. The van der Waals surface area contributed by atoms with Crippen LogP contribution >= 0.6 is 0 Å². The Labute approximate surface area is 126 Å². The average molecular weight is 378 g/mol. The maximum atomic E-state index is 6.52. The van der Waals surface area contributed by atoms with Crippen molar-refractivity contribution in [1.29, 1.82) is 0 Å². The second kappa shape index (κ2) is 4.39. The molecule has 2 nitrogen and oxygen atoms in total. The number of benzene rings is 1. The first-order valence-electron chi connectivity index (χ1n) is 8.01. The van der Waals surface area contributed by atoms with Crippen molar-refractivity contribution in [3.8, 4) is 5.75 Å². The third-order valence-electron chi connectivity index (χ3n) is 5.55. The van der Waals surface area contributed by atoms with Crippen molar-refractivity contribution in [1.82, 2.24) is 4.90 Å². The zero-order valence-electron chi connectivity index (χ0n) is 12.9. The van der Waals surface area contributed by atoms with E-state index >= 15 is 0 Å². The van der Waals surface area contributed by atoms with Crippen LogP contribution in [0.1, 0.15) is 18.4 Å². The van der Waals surface area contributed by atoms with Gasteiger partial charge in [-0.2, -0.15) is 0 Å². The molecule has 1 aromatic carbocycles. The first-order valence-corrected chi connectivity index (χ1v) is 18.0. The van der Waals surface area contributed by atoms with Crippen molar-refractivity contribution in [3.63, 3.8) is 0 Å². The molecule has 3 fully saturated rings. The van der Waals surface area contributed by atoms with E-state index in [0.717, 1.165) is 18.9 Å². The van der Waals surface area contributed by atoms with Crippen LogP contribution in [0.4, 0.5) is 0 Å². The maximum absolute atomic E-state index is 6.52. The molecule has 4 aliphatic rings. The van der Waals surface area contributed by atoms with Gasteiger partial charge in [-0.15, -0.1) is 0 Å². The van der Waals surface area contributed by atoms with E-state index in [2.05, 4.69) is 37.9 Å². The van der Waals surface area contributed by atoms with Gasteiger partial charge in [0.2, 0.25) is 0 Å². The summed E-state index contributed by atoms with van der Waals surface area (Å²) in [7, 11) is 0. The number of fused-ring (bicyclic) bond motifs is 3. The molecule has 0 saturated carbocycles. The summed E-state index contributed by atoms with van der Waals surface area (Å²) in [5, 5.41) is 0. The normalized spacial score (nSPS) is 35.1. The van der Waals surface area contributed by atoms with Crippen LogP contribution in [0.25, 0.3) is 0 Å². The van der Waals surface area contributed by atoms with Crippen molar-refractivity contribution >= 4 is 22.0 Å². The number of rotatable bonds is 1. The fourth-order valence-electron chi connectivity index (χ4n) is 4.30. The van der Waals surface area contributed by atoms with Gasteiger partial charge in [0.25, 0.3) is 0 Å². The van der Waals surface area contributed by atoms with Crippen molar-refractivity contribution in [3.05, 3.63) is 23.8 Å². The van der Waals surface area contributed by atoms with Gasteiger partial charge >= 0.3 is 126 Å². The third kappa shape index (κ3) is 2.02. The van der Waals surface area contributed by atoms with Gasteiger partial charge in [-0.25, -0.2) is 0 Å². The Morgan fingerprint density at radius 1 is 1.20 bits per heavy atom. The minimum atomic E-state index is -1.96. The monoisotopic (exact) mass is 379 g/mol. The van der Waals surface area contributed by atoms with Crippen molar-refractivity contribution in [2.45, 2.75) is 39.7 Å². The van der Waals surface area contributed by atoms with Crippen molar-refractivity contribution in [2.75, 3.05) is 19.6 Å². The molecule has 0 aromatic heterocycles. The molecule has 3 heteroatoms. The zero-order chi connectivity index (χ0) is 14.0. The second-order valence-corrected chi connectivity index (χ2v) is 22.5. The molecular weight excluding hydrogens is 353 g/mol. The first-order chi connectivity index (χ1) is 9.46. The molecule has 108 valence electrons. The molecule has 0 unspecified atom stereocenters. The molecule has 1 aromatic rings. The Morgan fingerprint density at radius 3 is 2.55 bits per heavy atom. The molecule has 4 heterocycles. The second-order valence-electron chi connectivity index (χ2n) is 7.97. The predicted octanol–water partition coefficient (Wildman–Crippen LogP) is 2.63. The molecule has 0 radical (unpaired) electrons.